The molecule has 5 rings (SSSR count). The Balaban J connectivity index is 1.47. The molecule has 12 heteroatoms. The molecule has 0 radical (unpaired) electrons. The lowest BCUT2D eigenvalue weighted by atomic mass is 9.70. The summed E-state index contributed by atoms with van der Waals surface area (Å²) in [7, 11) is 0. The number of carbonyl (C=O) groups is 4. The molecule has 49 heavy (non-hydrogen) atoms. The first-order valence-electron chi connectivity index (χ1n) is 16.7. The van der Waals surface area contributed by atoms with Crippen molar-refractivity contribution in [2.45, 2.75) is 67.2 Å². The van der Waals surface area contributed by atoms with Crippen molar-refractivity contribution in [3.8, 4) is 0 Å². The van der Waals surface area contributed by atoms with E-state index in [1.165, 1.54) is 0 Å². The van der Waals surface area contributed by atoms with Crippen LogP contribution in [0.25, 0.3) is 0 Å². The van der Waals surface area contributed by atoms with E-state index in [1.54, 1.807) is 46.2 Å². The molecule has 1 unspecified atom stereocenters. The molecule has 2 aromatic rings. The Labute approximate surface area is 300 Å². The Morgan fingerprint density at radius 2 is 1.86 bits per heavy atom. The first-order valence-corrected chi connectivity index (χ1v) is 18.0. The maximum Gasteiger partial charge on any atom is 0.313 e. The van der Waals surface area contributed by atoms with Gasteiger partial charge < -0.3 is 29.7 Å². The van der Waals surface area contributed by atoms with Crippen molar-refractivity contribution in [3.63, 3.8) is 0 Å². The number of allylic oxidation sites excluding steroid dienone is 1. The van der Waals surface area contributed by atoms with Gasteiger partial charge >= 0.3 is 5.97 Å². The van der Waals surface area contributed by atoms with Gasteiger partial charge in [-0.25, -0.2) is 0 Å². The number of aliphatic hydroxyl groups excluding tert-OH is 1. The molecule has 0 saturated carbocycles. The molecule has 2 N–H and O–H groups in total. The second kappa shape index (κ2) is 16.5. The van der Waals surface area contributed by atoms with E-state index in [0.29, 0.717) is 48.4 Å². The van der Waals surface area contributed by atoms with Crippen LogP contribution in [0.5, 0.6) is 0 Å². The number of likely N-dealkylation sites (tertiary alicyclic amines) is 1. The van der Waals surface area contributed by atoms with Crippen LogP contribution >= 0.6 is 27.5 Å². The Kier molecular flexibility index (Phi) is 12.4. The number of carbonyl (C=O) groups excluding carboxylic acids is 4. The Morgan fingerprint density at radius 3 is 2.53 bits per heavy atom. The number of nitrogens with zero attached hydrogens (tertiary/aromatic N) is 2. The van der Waals surface area contributed by atoms with E-state index >= 15 is 0 Å². The Morgan fingerprint density at radius 1 is 1.12 bits per heavy atom. The van der Waals surface area contributed by atoms with Gasteiger partial charge in [0.2, 0.25) is 11.8 Å². The molecule has 3 heterocycles. The molecule has 3 fully saturated rings. The molecule has 2 bridgehead atoms. The van der Waals surface area contributed by atoms with Crippen LogP contribution in [0.15, 0.2) is 79.9 Å². The van der Waals surface area contributed by atoms with Crippen molar-refractivity contribution in [1.82, 2.24) is 10.2 Å². The molecular weight excluding hydrogens is 714 g/mol. The number of hydrogen-bond donors (Lipinski definition) is 2. The summed E-state index contributed by atoms with van der Waals surface area (Å²) in [4.78, 5) is 58.8. The maximum absolute atomic E-state index is 14.7. The summed E-state index contributed by atoms with van der Waals surface area (Å²) in [5.41, 5.74) is -0.0179. The minimum atomic E-state index is -1.29. The lowest BCUT2D eigenvalue weighted by molar-refractivity contribution is -0.160. The third kappa shape index (κ3) is 7.65. The molecule has 262 valence electrons. The van der Waals surface area contributed by atoms with Crippen LogP contribution in [0.1, 0.15) is 50.2 Å². The van der Waals surface area contributed by atoms with Crippen LogP contribution in [-0.4, -0.2) is 82.5 Å². The number of halogens is 2. The second-order valence-corrected chi connectivity index (χ2v) is 14.3. The van der Waals surface area contributed by atoms with E-state index in [9.17, 15) is 24.3 Å². The summed E-state index contributed by atoms with van der Waals surface area (Å²) in [6.45, 7) is 8.01. The zero-order valence-corrected chi connectivity index (χ0v) is 29.7. The zero-order chi connectivity index (χ0) is 35.1. The standard InChI is InChI=1S/C37H43BrClN3O7/c1-3-5-14-29(44)40-23-28(24-12-8-6-9-13-24)48-36(47)30-31-34(45)42(20-10-7-11-21-43)33(37(31)22-27(38)32(30)49-37)35(46)41(19-4-2)26-17-15-25(39)16-18-26/h3-4,6,8-9,12-13,15-18,27-28,30-33,43H,1-2,5,7,10-11,14,19-23H2,(H,40,44)/t27?,28-,30+,31-,32+,33+,37-/m0/s1. The van der Waals surface area contributed by atoms with Crippen molar-refractivity contribution >= 4 is 56.9 Å². The predicted molar refractivity (Wildman–Crippen MR) is 190 cm³/mol. The summed E-state index contributed by atoms with van der Waals surface area (Å²) in [5, 5.41) is 12.7. The van der Waals surface area contributed by atoms with Crippen LogP contribution in [0.2, 0.25) is 5.02 Å². The molecule has 0 aliphatic carbocycles. The first kappa shape index (κ1) is 36.8. The molecule has 3 saturated heterocycles. The molecule has 3 aliphatic rings. The average molecular weight is 757 g/mol. The fraction of sp³-hybridized carbons (Fsp3) is 0.459. The monoisotopic (exact) mass is 755 g/mol. The molecule has 3 aliphatic heterocycles. The van der Waals surface area contributed by atoms with Crippen LogP contribution in [-0.2, 0) is 28.7 Å². The lowest BCUT2D eigenvalue weighted by Gasteiger charge is -2.37. The molecule has 10 nitrogen and oxygen atoms in total. The number of aliphatic hydroxyl groups is 1. The Bertz CT molecular complexity index is 1530. The quantitative estimate of drug-likeness (QED) is 0.0993. The summed E-state index contributed by atoms with van der Waals surface area (Å²) in [6, 6.07) is 14.9. The van der Waals surface area contributed by atoms with E-state index < -0.39 is 41.7 Å². The van der Waals surface area contributed by atoms with E-state index in [-0.39, 0.29) is 55.2 Å². The van der Waals surface area contributed by atoms with Gasteiger partial charge in [0.05, 0.1) is 24.5 Å². The summed E-state index contributed by atoms with van der Waals surface area (Å²) >= 11 is 9.87. The Hall–Kier alpha value is -3.51. The van der Waals surface area contributed by atoms with Crippen molar-refractivity contribution in [1.29, 1.82) is 0 Å². The van der Waals surface area contributed by atoms with Gasteiger partial charge in [-0.2, -0.15) is 0 Å². The van der Waals surface area contributed by atoms with Gasteiger partial charge in [0.15, 0.2) is 0 Å². The third-order valence-electron chi connectivity index (χ3n) is 9.56. The zero-order valence-electron chi connectivity index (χ0n) is 27.3. The van der Waals surface area contributed by atoms with Crippen LogP contribution in [0.4, 0.5) is 5.69 Å². The molecule has 1 spiro atoms. The SMILES string of the molecule is C=CCCC(=O)NC[C@H](OC(=O)[C@H]1[C@@H]2O[C@@]3(CC2Br)[C@@H]1C(=O)N(CCCCCO)[C@@H]3C(=O)N(CC=C)c1ccc(Cl)cc1)c1ccccc1. The topological polar surface area (TPSA) is 125 Å². The first-order chi connectivity index (χ1) is 23.7. The predicted octanol–water partition coefficient (Wildman–Crippen LogP) is 5.14. The van der Waals surface area contributed by atoms with Gasteiger partial charge in [-0.15, -0.1) is 13.2 Å². The van der Waals surface area contributed by atoms with Gasteiger partial charge in [0.1, 0.15) is 17.7 Å². The molecular formula is C37H43BrClN3O7. The normalized spacial score (nSPS) is 25.8. The van der Waals surface area contributed by atoms with Crippen LogP contribution in [0, 0.1) is 11.8 Å². The van der Waals surface area contributed by atoms with Crippen LogP contribution in [0.3, 0.4) is 0 Å². The largest absolute Gasteiger partial charge is 0.455 e. The third-order valence-corrected chi connectivity index (χ3v) is 10.7. The van der Waals surface area contributed by atoms with E-state index in [4.69, 9.17) is 21.1 Å². The van der Waals surface area contributed by atoms with Crippen molar-refractivity contribution in [2.24, 2.45) is 11.8 Å². The van der Waals surface area contributed by atoms with E-state index in [2.05, 4.69) is 34.4 Å². The highest BCUT2D eigenvalue weighted by Gasteiger charge is 2.77. The molecule has 2 aromatic carbocycles. The number of fused-ring (bicyclic) bond motifs is 1. The van der Waals surface area contributed by atoms with Gasteiger partial charge in [-0.05, 0) is 61.9 Å². The number of nitrogens with one attached hydrogen (secondary N) is 1. The fourth-order valence-corrected chi connectivity index (χ4v) is 8.42. The molecule has 7 atom stereocenters. The average Bonchev–Trinajstić information content (AvgIpc) is 3.70. The van der Waals surface area contributed by atoms with Crippen molar-refractivity contribution in [3.05, 3.63) is 90.5 Å². The van der Waals surface area contributed by atoms with Crippen molar-refractivity contribution in [2.75, 3.05) is 31.1 Å². The maximum atomic E-state index is 14.7. The summed E-state index contributed by atoms with van der Waals surface area (Å²) < 4.78 is 12.8. The summed E-state index contributed by atoms with van der Waals surface area (Å²) in [6.07, 6.45) is 4.62. The van der Waals surface area contributed by atoms with Crippen LogP contribution < -0.4 is 10.2 Å². The number of esters is 1. The highest BCUT2D eigenvalue weighted by molar-refractivity contribution is 9.09. The van der Waals surface area contributed by atoms with Gasteiger partial charge in [0, 0.05) is 41.7 Å². The highest BCUT2D eigenvalue weighted by Crippen LogP contribution is 2.60. The number of alkyl halides is 1. The number of benzene rings is 2. The van der Waals surface area contributed by atoms with Crippen molar-refractivity contribution < 1.29 is 33.8 Å². The minimum absolute atomic E-state index is 0.0216. The second-order valence-electron chi connectivity index (χ2n) is 12.7. The lowest BCUT2D eigenvalue weighted by Crippen LogP contribution is -2.57. The number of unbranched alkanes of at least 4 members (excludes halogenated alkanes) is 2. The van der Waals surface area contributed by atoms with Gasteiger partial charge in [-0.3, -0.25) is 19.2 Å². The molecule has 3 amide bonds. The van der Waals surface area contributed by atoms with E-state index in [1.807, 2.05) is 30.3 Å². The van der Waals surface area contributed by atoms with Gasteiger partial charge in [0.25, 0.3) is 5.91 Å². The number of ether oxygens (including phenoxy) is 2. The highest BCUT2D eigenvalue weighted by atomic mass is 79.9. The van der Waals surface area contributed by atoms with E-state index in [0.717, 1.165) is 0 Å². The fourth-order valence-electron chi connectivity index (χ4n) is 7.35. The number of hydrogen-bond acceptors (Lipinski definition) is 7. The smallest absolute Gasteiger partial charge is 0.313 e. The molecule has 0 aromatic heterocycles. The van der Waals surface area contributed by atoms with Gasteiger partial charge in [-0.1, -0.05) is 70.0 Å². The number of amides is 3. The minimum Gasteiger partial charge on any atom is -0.455 e. The summed E-state index contributed by atoms with van der Waals surface area (Å²) in [5.74, 6) is -3.46. The number of rotatable bonds is 17. The number of anilines is 1.